The van der Waals surface area contributed by atoms with Crippen LogP contribution in [0.25, 0.3) is 0 Å². The van der Waals surface area contributed by atoms with Gasteiger partial charge < -0.3 is 0 Å². The highest BCUT2D eigenvalue weighted by atomic mass is 31.1. The molecule has 0 aromatic carbocycles. The molecule has 2 bridgehead atoms. The Kier molecular flexibility index (Phi) is 1.87. The minimum atomic E-state index is 0.826. The summed E-state index contributed by atoms with van der Waals surface area (Å²) in [7, 11) is 0.826. The summed E-state index contributed by atoms with van der Waals surface area (Å²) in [6.07, 6.45) is 17.1. The minimum Gasteiger partial charge on any atom is -0.0616 e. The molecular weight excluding hydrogens is 151 g/mol. The summed E-state index contributed by atoms with van der Waals surface area (Å²) in [6, 6.07) is 0. The summed E-state index contributed by atoms with van der Waals surface area (Å²) < 4.78 is 0. The quantitative estimate of drug-likeness (QED) is 0.477. The first-order valence-corrected chi connectivity index (χ1v) is 4.65. The van der Waals surface area contributed by atoms with E-state index in [9.17, 15) is 0 Å². The van der Waals surface area contributed by atoms with Crippen LogP contribution in [0.15, 0.2) is 59.2 Å². The molecule has 2 rings (SSSR count). The van der Waals surface area contributed by atoms with Crippen LogP contribution in [0, 0.1) is 0 Å². The molecule has 2 aliphatic heterocycles. The molecule has 0 aromatic heterocycles. The number of allylic oxidation sites excluding steroid dienone is 10. The molecule has 0 nitrogen and oxygen atoms in total. The van der Waals surface area contributed by atoms with Gasteiger partial charge in [0, 0.05) is 0 Å². The maximum absolute atomic E-state index is 2.17. The van der Waals surface area contributed by atoms with E-state index in [0.29, 0.717) is 0 Å². The van der Waals surface area contributed by atoms with Crippen molar-refractivity contribution >= 4 is 8.58 Å². The molecule has 54 valence electrons. The van der Waals surface area contributed by atoms with E-state index >= 15 is 0 Å². The van der Waals surface area contributed by atoms with Crippen molar-refractivity contribution in [2.45, 2.75) is 0 Å². The van der Waals surface area contributed by atoms with Gasteiger partial charge in [-0.2, -0.15) is 0 Å². The molecule has 0 aliphatic carbocycles. The third-order valence-corrected chi connectivity index (χ3v) is 2.86. The van der Waals surface area contributed by atoms with Gasteiger partial charge in [0.15, 0.2) is 0 Å². The molecule has 0 saturated heterocycles. The lowest BCUT2D eigenvalue weighted by Crippen LogP contribution is -1.63. The summed E-state index contributed by atoms with van der Waals surface area (Å²) in [5, 5.41) is 2.82. The van der Waals surface area contributed by atoms with Crippen LogP contribution in [0.5, 0.6) is 0 Å². The van der Waals surface area contributed by atoms with Gasteiger partial charge in [0.25, 0.3) is 0 Å². The van der Waals surface area contributed by atoms with E-state index in [1.807, 2.05) is 0 Å². The van der Waals surface area contributed by atoms with Crippen molar-refractivity contribution < 1.29 is 0 Å². The first kappa shape index (κ1) is 6.82. The molecular formula is C10H9P. The average Bonchev–Trinajstić information content (AvgIpc) is 2.36. The smallest absolute Gasteiger partial charge is 0.0226 e. The van der Waals surface area contributed by atoms with Crippen molar-refractivity contribution in [1.82, 2.24) is 0 Å². The Bertz CT molecular complexity index is 271. The van der Waals surface area contributed by atoms with Crippen molar-refractivity contribution in [2.75, 3.05) is 0 Å². The number of hydrogen-bond acceptors (Lipinski definition) is 0. The van der Waals surface area contributed by atoms with Crippen molar-refractivity contribution in [3.8, 4) is 0 Å². The molecule has 0 spiro atoms. The predicted molar refractivity (Wildman–Crippen MR) is 51.9 cm³/mol. The van der Waals surface area contributed by atoms with Gasteiger partial charge >= 0.3 is 0 Å². The molecule has 0 radical (unpaired) electrons. The van der Waals surface area contributed by atoms with Gasteiger partial charge in [-0.3, -0.25) is 0 Å². The van der Waals surface area contributed by atoms with E-state index in [2.05, 4.69) is 48.6 Å². The Morgan fingerprint density at radius 3 is 1.82 bits per heavy atom. The second-order valence-corrected chi connectivity index (χ2v) is 3.88. The molecule has 0 saturated carbocycles. The highest BCUT2D eigenvalue weighted by Gasteiger charge is 1.99. The van der Waals surface area contributed by atoms with E-state index in [1.54, 1.807) is 0 Å². The minimum absolute atomic E-state index is 0.826. The standard InChI is InChI=1S/C10H9P/c1-2-6-10-8-4-3-7-9(5-1)11-10/h1-8,11H. The highest BCUT2D eigenvalue weighted by Crippen LogP contribution is 2.37. The second-order valence-electron chi connectivity index (χ2n) is 2.47. The average molecular weight is 160 g/mol. The van der Waals surface area contributed by atoms with Crippen LogP contribution in [0.4, 0.5) is 0 Å². The SMILES string of the molecule is C1=CC=C2C=CC=CC(=C1)P2. The van der Waals surface area contributed by atoms with Crippen LogP contribution in [-0.4, -0.2) is 0 Å². The summed E-state index contributed by atoms with van der Waals surface area (Å²) in [6.45, 7) is 0. The predicted octanol–water partition coefficient (Wildman–Crippen LogP) is 3.13. The van der Waals surface area contributed by atoms with E-state index in [4.69, 9.17) is 0 Å². The zero-order chi connectivity index (χ0) is 7.52. The lowest BCUT2D eigenvalue weighted by atomic mass is 10.3. The van der Waals surface area contributed by atoms with Gasteiger partial charge in [-0.25, -0.2) is 0 Å². The summed E-state index contributed by atoms with van der Waals surface area (Å²) in [4.78, 5) is 0. The molecule has 0 aromatic rings. The molecule has 11 heavy (non-hydrogen) atoms. The van der Waals surface area contributed by atoms with Crippen LogP contribution in [0.2, 0.25) is 0 Å². The normalized spacial score (nSPS) is 20.4. The molecule has 1 heteroatoms. The fourth-order valence-electron chi connectivity index (χ4n) is 1.08. The maximum atomic E-state index is 2.17. The van der Waals surface area contributed by atoms with Crippen molar-refractivity contribution in [2.24, 2.45) is 0 Å². The molecule has 0 atom stereocenters. The van der Waals surface area contributed by atoms with Crippen molar-refractivity contribution in [3.63, 3.8) is 0 Å². The Morgan fingerprint density at radius 2 is 1.27 bits per heavy atom. The maximum Gasteiger partial charge on any atom is -0.0226 e. The zero-order valence-corrected chi connectivity index (χ0v) is 7.12. The molecule has 0 fully saturated rings. The Labute approximate surface area is 68.5 Å². The fraction of sp³-hybridized carbons (Fsp3) is 0. The van der Waals surface area contributed by atoms with E-state index < -0.39 is 0 Å². The first-order chi connectivity index (χ1) is 5.45. The third kappa shape index (κ3) is 1.58. The van der Waals surface area contributed by atoms with Crippen LogP contribution in [0.3, 0.4) is 0 Å². The van der Waals surface area contributed by atoms with Gasteiger partial charge in [0.1, 0.15) is 0 Å². The Balaban J connectivity index is 2.46. The highest BCUT2D eigenvalue weighted by molar-refractivity contribution is 7.48. The molecule has 2 heterocycles. The van der Waals surface area contributed by atoms with E-state index in [-0.39, 0.29) is 0 Å². The van der Waals surface area contributed by atoms with Crippen LogP contribution in [0.1, 0.15) is 0 Å². The second kappa shape index (κ2) is 3.02. The Hall–Kier alpha value is -0.870. The van der Waals surface area contributed by atoms with Crippen LogP contribution >= 0.6 is 8.58 Å². The number of hydrogen-bond donors (Lipinski definition) is 0. The lowest BCUT2D eigenvalue weighted by Gasteiger charge is -1.97. The van der Waals surface area contributed by atoms with E-state index in [0.717, 1.165) is 8.58 Å². The number of fused-ring (bicyclic) bond motifs is 2. The van der Waals surface area contributed by atoms with Gasteiger partial charge in [-0.15, -0.1) is 0 Å². The van der Waals surface area contributed by atoms with Crippen molar-refractivity contribution in [3.05, 3.63) is 59.2 Å². The lowest BCUT2D eigenvalue weighted by molar-refractivity contribution is 1.81. The topological polar surface area (TPSA) is 0 Å². The summed E-state index contributed by atoms with van der Waals surface area (Å²) in [5.74, 6) is 0. The molecule has 0 amide bonds. The summed E-state index contributed by atoms with van der Waals surface area (Å²) >= 11 is 0. The largest absolute Gasteiger partial charge is 0.0616 e. The molecule has 2 aliphatic rings. The third-order valence-electron chi connectivity index (χ3n) is 1.61. The van der Waals surface area contributed by atoms with Gasteiger partial charge in [-0.1, -0.05) is 57.2 Å². The Morgan fingerprint density at radius 1 is 0.727 bits per heavy atom. The number of rotatable bonds is 0. The van der Waals surface area contributed by atoms with Crippen molar-refractivity contribution in [1.29, 1.82) is 0 Å². The fourth-order valence-corrected chi connectivity index (χ4v) is 2.13. The summed E-state index contributed by atoms with van der Waals surface area (Å²) in [5.41, 5.74) is 0. The zero-order valence-electron chi connectivity index (χ0n) is 6.12. The monoisotopic (exact) mass is 160 g/mol. The molecule has 0 unspecified atom stereocenters. The first-order valence-electron chi connectivity index (χ1n) is 3.65. The van der Waals surface area contributed by atoms with Gasteiger partial charge in [-0.05, 0) is 10.6 Å². The van der Waals surface area contributed by atoms with Gasteiger partial charge in [0.2, 0.25) is 0 Å². The van der Waals surface area contributed by atoms with Crippen LogP contribution in [-0.2, 0) is 0 Å². The van der Waals surface area contributed by atoms with Crippen LogP contribution < -0.4 is 0 Å². The van der Waals surface area contributed by atoms with E-state index in [1.165, 1.54) is 10.6 Å². The van der Waals surface area contributed by atoms with Gasteiger partial charge in [0.05, 0.1) is 0 Å². The molecule has 0 N–H and O–H groups in total.